The Morgan fingerprint density at radius 1 is 1.27 bits per heavy atom. The summed E-state index contributed by atoms with van der Waals surface area (Å²) in [5.41, 5.74) is 0. The van der Waals surface area contributed by atoms with Gasteiger partial charge in [0.1, 0.15) is 0 Å². The molecule has 0 radical (unpaired) electrons. The van der Waals surface area contributed by atoms with Gasteiger partial charge in [-0.2, -0.15) is 0 Å². The molecule has 0 saturated heterocycles. The first kappa shape index (κ1) is 10.6. The van der Waals surface area contributed by atoms with Crippen molar-refractivity contribution in [3.8, 4) is 0 Å². The van der Waals surface area contributed by atoms with Gasteiger partial charge in [0, 0.05) is 4.88 Å². The zero-order valence-corrected chi connectivity index (χ0v) is 11.6. The average Bonchev–Trinajstić information content (AvgIpc) is 2.82. The molecule has 0 bridgehead atoms. The van der Waals surface area contributed by atoms with E-state index in [9.17, 15) is 0 Å². The molecule has 0 nitrogen and oxygen atoms in total. The highest BCUT2D eigenvalue weighted by atomic mass is 79.9. The number of hydrogen-bond acceptors (Lipinski definition) is 1. The van der Waals surface area contributed by atoms with Crippen LogP contribution in [0, 0.1) is 17.8 Å². The van der Waals surface area contributed by atoms with Crippen molar-refractivity contribution in [2.45, 2.75) is 30.5 Å². The number of hydrogen-bond donors (Lipinski definition) is 0. The lowest BCUT2D eigenvalue weighted by molar-refractivity contribution is 0.480. The van der Waals surface area contributed by atoms with E-state index >= 15 is 0 Å². The maximum Gasteiger partial charge on any atom is 0.0931 e. The van der Waals surface area contributed by atoms with E-state index in [1.165, 1.54) is 30.6 Å². The summed E-state index contributed by atoms with van der Waals surface area (Å²) in [6, 6.07) is 4.19. The normalized spacial score (nSPS) is 36.0. The summed E-state index contributed by atoms with van der Waals surface area (Å²) in [5, 5.41) is 0. The van der Waals surface area contributed by atoms with Crippen LogP contribution in [0.1, 0.15) is 35.4 Å². The number of thiophene rings is 1. The van der Waals surface area contributed by atoms with E-state index in [0.29, 0.717) is 4.83 Å². The SMILES string of the molecule is Clc1ccc(C(Br)C2C3CCCCC32)s1. The van der Waals surface area contributed by atoms with Gasteiger partial charge in [-0.05, 0) is 42.7 Å². The lowest BCUT2D eigenvalue weighted by Gasteiger charge is -2.05. The molecule has 82 valence electrons. The summed E-state index contributed by atoms with van der Waals surface area (Å²) >= 11 is 11.6. The van der Waals surface area contributed by atoms with Crippen LogP contribution in [0.4, 0.5) is 0 Å². The third-order valence-electron chi connectivity index (χ3n) is 3.93. The Balaban J connectivity index is 1.73. The Morgan fingerprint density at radius 2 is 1.93 bits per heavy atom. The van der Waals surface area contributed by atoms with Crippen molar-refractivity contribution >= 4 is 38.9 Å². The lowest BCUT2D eigenvalue weighted by atomic mass is 10.0. The zero-order chi connectivity index (χ0) is 10.4. The second-order valence-corrected chi connectivity index (χ2v) is 7.47. The van der Waals surface area contributed by atoms with Crippen LogP contribution in [0.25, 0.3) is 0 Å². The van der Waals surface area contributed by atoms with Gasteiger partial charge in [0.15, 0.2) is 0 Å². The number of fused-ring (bicyclic) bond motifs is 1. The molecule has 0 amide bonds. The molecule has 2 aliphatic carbocycles. The minimum absolute atomic E-state index is 0.558. The predicted octanol–water partition coefficient (Wildman–Crippen LogP) is 5.27. The standard InChI is InChI=1S/C12H14BrClS/c13-12(9-5-6-10(14)15-9)11-7-3-1-2-4-8(7)11/h5-8,11-12H,1-4H2. The maximum absolute atomic E-state index is 5.98. The molecule has 3 rings (SSSR count). The van der Waals surface area contributed by atoms with E-state index in [1.807, 2.05) is 6.07 Å². The van der Waals surface area contributed by atoms with Gasteiger partial charge in [0.2, 0.25) is 0 Å². The van der Waals surface area contributed by atoms with Crippen LogP contribution < -0.4 is 0 Å². The van der Waals surface area contributed by atoms with Gasteiger partial charge in [0.05, 0.1) is 9.16 Å². The molecule has 3 atom stereocenters. The summed E-state index contributed by atoms with van der Waals surface area (Å²) in [6.45, 7) is 0. The molecule has 1 aromatic heterocycles. The van der Waals surface area contributed by atoms with Crippen molar-refractivity contribution in [3.05, 3.63) is 21.3 Å². The fourth-order valence-electron chi connectivity index (χ4n) is 3.15. The summed E-state index contributed by atoms with van der Waals surface area (Å²) in [7, 11) is 0. The second-order valence-electron chi connectivity index (χ2n) is 4.73. The number of halogens is 2. The molecule has 0 aliphatic heterocycles. The summed E-state index contributed by atoms with van der Waals surface area (Å²) in [4.78, 5) is 1.97. The summed E-state index contributed by atoms with van der Waals surface area (Å²) in [6.07, 6.45) is 5.80. The van der Waals surface area contributed by atoms with Gasteiger partial charge in [-0.1, -0.05) is 40.4 Å². The van der Waals surface area contributed by atoms with Gasteiger partial charge >= 0.3 is 0 Å². The van der Waals surface area contributed by atoms with Crippen molar-refractivity contribution in [2.75, 3.05) is 0 Å². The second kappa shape index (κ2) is 4.05. The average molecular weight is 306 g/mol. The van der Waals surface area contributed by atoms with Crippen LogP contribution in [0.15, 0.2) is 12.1 Å². The molecule has 15 heavy (non-hydrogen) atoms. The third-order valence-corrected chi connectivity index (χ3v) is 6.65. The largest absolute Gasteiger partial charge is 0.127 e. The fraction of sp³-hybridized carbons (Fsp3) is 0.667. The first-order valence-electron chi connectivity index (χ1n) is 5.66. The van der Waals surface area contributed by atoms with Gasteiger partial charge < -0.3 is 0 Å². The van der Waals surface area contributed by atoms with E-state index in [4.69, 9.17) is 11.6 Å². The van der Waals surface area contributed by atoms with Crippen LogP contribution in [-0.2, 0) is 0 Å². The third kappa shape index (κ3) is 1.89. The van der Waals surface area contributed by atoms with E-state index in [2.05, 4.69) is 22.0 Å². The van der Waals surface area contributed by atoms with E-state index in [0.717, 1.165) is 22.1 Å². The van der Waals surface area contributed by atoms with Crippen molar-refractivity contribution in [3.63, 3.8) is 0 Å². The fourth-order valence-corrected chi connectivity index (χ4v) is 5.46. The van der Waals surface area contributed by atoms with Crippen molar-refractivity contribution < 1.29 is 0 Å². The molecule has 0 N–H and O–H groups in total. The molecule has 3 unspecified atom stereocenters. The van der Waals surface area contributed by atoms with Crippen molar-refractivity contribution in [2.24, 2.45) is 17.8 Å². The summed E-state index contributed by atoms with van der Waals surface area (Å²) in [5.74, 6) is 2.90. The van der Waals surface area contributed by atoms with Crippen molar-refractivity contribution in [1.82, 2.24) is 0 Å². The minimum atomic E-state index is 0.558. The zero-order valence-electron chi connectivity index (χ0n) is 8.46. The van der Waals surface area contributed by atoms with Crippen LogP contribution in [-0.4, -0.2) is 0 Å². The predicted molar refractivity (Wildman–Crippen MR) is 69.9 cm³/mol. The highest BCUT2D eigenvalue weighted by Crippen LogP contribution is 2.63. The molecular formula is C12H14BrClS. The molecule has 2 aliphatic rings. The first-order chi connectivity index (χ1) is 7.27. The highest BCUT2D eigenvalue weighted by molar-refractivity contribution is 9.09. The Labute approximate surface area is 108 Å². The molecule has 0 spiro atoms. The van der Waals surface area contributed by atoms with Crippen LogP contribution in [0.3, 0.4) is 0 Å². The lowest BCUT2D eigenvalue weighted by Crippen LogP contribution is -1.91. The van der Waals surface area contributed by atoms with Gasteiger partial charge in [-0.3, -0.25) is 0 Å². The van der Waals surface area contributed by atoms with Gasteiger partial charge in [-0.15, -0.1) is 11.3 Å². The van der Waals surface area contributed by atoms with Crippen LogP contribution in [0.5, 0.6) is 0 Å². The molecule has 2 fully saturated rings. The van der Waals surface area contributed by atoms with Gasteiger partial charge in [-0.25, -0.2) is 0 Å². The molecule has 2 saturated carbocycles. The number of alkyl halides is 1. The molecule has 1 aromatic rings. The molecular weight excluding hydrogens is 292 g/mol. The Kier molecular flexibility index (Phi) is 2.86. The molecule has 3 heteroatoms. The smallest absolute Gasteiger partial charge is 0.0931 e. The van der Waals surface area contributed by atoms with Crippen LogP contribution in [0.2, 0.25) is 4.34 Å². The topological polar surface area (TPSA) is 0 Å². The molecule has 1 heterocycles. The van der Waals surface area contributed by atoms with E-state index in [-0.39, 0.29) is 0 Å². The maximum atomic E-state index is 5.98. The Bertz CT molecular complexity index is 350. The van der Waals surface area contributed by atoms with Crippen LogP contribution >= 0.6 is 38.9 Å². The first-order valence-corrected chi connectivity index (χ1v) is 7.77. The quantitative estimate of drug-likeness (QED) is 0.653. The highest BCUT2D eigenvalue weighted by Gasteiger charge is 2.53. The van der Waals surface area contributed by atoms with Crippen molar-refractivity contribution in [1.29, 1.82) is 0 Å². The minimum Gasteiger partial charge on any atom is -0.127 e. The monoisotopic (exact) mass is 304 g/mol. The van der Waals surface area contributed by atoms with E-state index < -0.39 is 0 Å². The van der Waals surface area contributed by atoms with E-state index in [1.54, 1.807) is 11.3 Å². The summed E-state index contributed by atoms with van der Waals surface area (Å²) < 4.78 is 0.915. The van der Waals surface area contributed by atoms with Gasteiger partial charge in [0.25, 0.3) is 0 Å². The molecule has 0 aromatic carbocycles. The number of rotatable bonds is 2. The Hall–Kier alpha value is 0.470. The Morgan fingerprint density at radius 3 is 2.47 bits per heavy atom.